The van der Waals surface area contributed by atoms with Crippen LogP contribution in [0.15, 0.2) is 52.9 Å². The van der Waals surface area contributed by atoms with Crippen LogP contribution in [0.3, 0.4) is 0 Å². The summed E-state index contributed by atoms with van der Waals surface area (Å²) in [6.07, 6.45) is 0. The van der Waals surface area contributed by atoms with Crippen LogP contribution in [0.1, 0.15) is 10.4 Å². The third-order valence-corrected chi connectivity index (χ3v) is 3.41. The Morgan fingerprint density at radius 2 is 1.65 bits per heavy atom. The Balaban J connectivity index is 1.91. The van der Waals surface area contributed by atoms with Gasteiger partial charge in [-0.3, -0.25) is 0 Å². The highest BCUT2D eigenvalue weighted by atomic mass is 16.4. The van der Waals surface area contributed by atoms with E-state index in [9.17, 15) is 4.79 Å². The average molecular weight is 309 g/mol. The first-order chi connectivity index (χ1) is 11.0. The second-order valence-corrected chi connectivity index (χ2v) is 5.24. The minimum Gasteiger partial charge on any atom is -0.478 e. The molecule has 0 saturated heterocycles. The molecular formula is C17H15N3O3. The molecule has 1 aromatic heterocycles. The molecule has 0 amide bonds. The predicted molar refractivity (Wildman–Crippen MR) is 86.5 cm³/mol. The highest BCUT2D eigenvalue weighted by Gasteiger charge is 2.12. The Labute approximate surface area is 133 Å². The molecule has 0 bridgehead atoms. The van der Waals surface area contributed by atoms with Crippen molar-refractivity contribution in [3.63, 3.8) is 0 Å². The fourth-order valence-electron chi connectivity index (χ4n) is 2.14. The summed E-state index contributed by atoms with van der Waals surface area (Å²) >= 11 is 0. The van der Waals surface area contributed by atoms with Crippen LogP contribution in [-0.4, -0.2) is 35.4 Å². The number of carboxylic acids is 1. The third kappa shape index (κ3) is 3.06. The Bertz CT molecular complexity index is 838. The number of anilines is 1. The van der Waals surface area contributed by atoms with Crippen molar-refractivity contribution < 1.29 is 14.3 Å². The Hall–Kier alpha value is -3.15. The maximum Gasteiger partial charge on any atom is 0.335 e. The van der Waals surface area contributed by atoms with Crippen molar-refractivity contribution in [2.75, 3.05) is 19.0 Å². The van der Waals surface area contributed by atoms with E-state index < -0.39 is 5.97 Å². The monoisotopic (exact) mass is 309 g/mol. The van der Waals surface area contributed by atoms with Crippen LogP contribution in [-0.2, 0) is 0 Å². The van der Waals surface area contributed by atoms with E-state index in [1.165, 1.54) is 12.1 Å². The summed E-state index contributed by atoms with van der Waals surface area (Å²) in [6.45, 7) is 0. The highest BCUT2D eigenvalue weighted by Crippen LogP contribution is 2.25. The first-order valence-electron chi connectivity index (χ1n) is 6.99. The number of hydrogen-bond donors (Lipinski definition) is 1. The van der Waals surface area contributed by atoms with Crippen LogP contribution in [0, 0.1) is 0 Å². The third-order valence-electron chi connectivity index (χ3n) is 3.41. The molecule has 6 nitrogen and oxygen atoms in total. The number of rotatable bonds is 4. The maximum atomic E-state index is 11.0. The molecule has 0 fully saturated rings. The van der Waals surface area contributed by atoms with Gasteiger partial charge in [0.15, 0.2) is 0 Å². The fourth-order valence-corrected chi connectivity index (χ4v) is 2.14. The summed E-state index contributed by atoms with van der Waals surface area (Å²) in [5.41, 5.74) is 2.64. The van der Waals surface area contributed by atoms with E-state index in [-0.39, 0.29) is 5.56 Å². The van der Waals surface area contributed by atoms with Gasteiger partial charge in [-0.25, -0.2) is 4.79 Å². The number of hydrogen-bond acceptors (Lipinski definition) is 5. The molecule has 6 heteroatoms. The van der Waals surface area contributed by atoms with Crippen molar-refractivity contribution in [1.29, 1.82) is 0 Å². The van der Waals surface area contributed by atoms with E-state index in [0.717, 1.165) is 11.3 Å². The molecule has 3 aromatic rings. The second-order valence-electron chi connectivity index (χ2n) is 5.24. The van der Waals surface area contributed by atoms with Crippen molar-refractivity contribution in [2.24, 2.45) is 0 Å². The lowest BCUT2D eigenvalue weighted by atomic mass is 10.1. The van der Waals surface area contributed by atoms with Crippen molar-refractivity contribution in [1.82, 2.24) is 10.2 Å². The molecule has 0 aliphatic rings. The Morgan fingerprint density at radius 1 is 1.00 bits per heavy atom. The summed E-state index contributed by atoms with van der Waals surface area (Å²) in [7, 11) is 3.94. The zero-order valence-electron chi connectivity index (χ0n) is 12.7. The smallest absolute Gasteiger partial charge is 0.335 e. The van der Waals surface area contributed by atoms with Crippen LogP contribution in [0.2, 0.25) is 0 Å². The van der Waals surface area contributed by atoms with Crippen molar-refractivity contribution >= 4 is 11.7 Å². The molecule has 2 aromatic carbocycles. The minimum atomic E-state index is -0.995. The zero-order valence-corrected chi connectivity index (χ0v) is 12.7. The summed E-state index contributed by atoms with van der Waals surface area (Å²) in [6, 6.07) is 14.1. The molecule has 0 spiro atoms. The molecule has 3 rings (SSSR count). The van der Waals surface area contributed by atoms with Gasteiger partial charge in [-0.1, -0.05) is 6.07 Å². The largest absolute Gasteiger partial charge is 0.478 e. The van der Waals surface area contributed by atoms with Gasteiger partial charge in [0, 0.05) is 30.9 Å². The zero-order chi connectivity index (χ0) is 16.4. The summed E-state index contributed by atoms with van der Waals surface area (Å²) < 4.78 is 5.66. The fraction of sp³-hybridized carbons (Fsp3) is 0.118. The summed E-state index contributed by atoms with van der Waals surface area (Å²) in [4.78, 5) is 13.0. The summed E-state index contributed by atoms with van der Waals surface area (Å²) in [5, 5.41) is 17.1. The number of nitrogens with zero attached hydrogens (tertiary/aromatic N) is 3. The van der Waals surface area contributed by atoms with Gasteiger partial charge >= 0.3 is 5.97 Å². The van der Waals surface area contributed by atoms with E-state index in [2.05, 4.69) is 10.2 Å². The quantitative estimate of drug-likeness (QED) is 0.797. The number of aromatic carboxylic acids is 1. The molecule has 0 aliphatic carbocycles. The molecule has 116 valence electrons. The maximum absolute atomic E-state index is 11.0. The molecule has 1 heterocycles. The van der Waals surface area contributed by atoms with Crippen LogP contribution in [0.5, 0.6) is 0 Å². The van der Waals surface area contributed by atoms with Crippen LogP contribution >= 0.6 is 0 Å². The van der Waals surface area contributed by atoms with Crippen LogP contribution in [0.25, 0.3) is 22.9 Å². The normalized spacial score (nSPS) is 10.5. The summed E-state index contributed by atoms with van der Waals surface area (Å²) in [5.74, 6) is -0.309. The molecule has 0 saturated carbocycles. The topological polar surface area (TPSA) is 79.5 Å². The Morgan fingerprint density at radius 3 is 2.26 bits per heavy atom. The highest BCUT2D eigenvalue weighted by molar-refractivity contribution is 5.89. The van der Waals surface area contributed by atoms with E-state index >= 15 is 0 Å². The molecule has 0 radical (unpaired) electrons. The van der Waals surface area contributed by atoms with Gasteiger partial charge in [-0.2, -0.15) is 0 Å². The van der Waals surface area contributed by atoms with Crippen LogP contribution in [0.4, 0.5) is 5.69 Å². The lowest BCUT2D eigenvalue weighted by Gasteiger charge is -2.11. The van der Waals surface area contributed by atoms with Gasteiger partial charge in [-0.15, -0.1) is 10.2 Å². The Kier molecular flexibility index (Phi) is 3.80. The second kappa shape index (κ2) is 5.92. The standard InChI is InChI=1S/C17H15N3O3/c1-20(2)14-8-6-11(7-9-14)15-18-19-16(23-15)12-4-3-5-13(10-12)17(21)22/h3-10H,1-2H3,(H,21,22). The van der Waals surface area contributed by atoms with Crippen molar-refractivity contribution in [3.05, 3.63) is 54.1 Å². The average Bonchev–Trinajstić information content (AvgIpc) is 3.05. The number of carboxylic acid groups (broad SMARTS) is 1. The van der Waals surface area contributed by atoms with Gasteiger partial charge in [-0.05, 0) is 42.5 Å². The molecule has 0 unspecified atom stereocenters. The number of aromatic nitrogens is 2. The minimum absolute atomic E-state index is 0.178. The van der Waals surface area contributed by atoms with E-state index in [0.29, 0.717) is 17.3 Å². The van der Waals surface area contributed by atoms with E-state index in [4.69, 9.17) is 9.52 Å². The first-order valence-corrected chi connectivity index (χ1v) is 6.99. The van der Waals surface area contributed by atoms with Crippen molar-refractivity contribution in [2.45, 2.75) is 0 Å². The van der Waals surface area contributed by atoms with E-state index in [1.807, 2.05) is 43.3 Å². The van der Waals surface area contributed by atoms with Gasteiger partial charge in [0.2, 0.25) is 11.8 Å². The number of carbonyl (C=O) groups is 1. The molecular weight excluding hydrogens is 294 g/mol. The SMILES string of the molecule is CN(C)c1ccc(-c2nnc(-c3cccc(C(=O)O)c3)o2)cc1. The first kappa shape index (κ1) is 14.8. The van der Waals surface area contributed by atoms with Gasteiger partial charge < -0.3 is 14.4 Å². The molecule has 23 heavy (non-hydrogen) atoms. The van der Waals surface area contributed by atoms with E-state index in [1.54, 1.807) is 12.1 Å². The van der Waals surface area contributed by atoms with Gasteiger partial charge in [0.25, 0.3) is 0 Å². The van der Waals surface area contributed by atoms with Gasteiger partial charge in [0.1, 0.15) is 0 Å². The van der Waals surface area contributed by atoms with Gasteiger partial charge in [0.05, 0.1) is 5.56 Å². The molecule has 0 aliphatic heterocycles. The van der Waals surface area contributed by atoms with Crippen LogP contribution < -0.4 is 4.90 Å². The number of benzene rings is 2. The van der Waals surface area contributed by atoms with Crippen molar-refractivity contribution in [3.8, 4) is 22.9 Å². The molecule has 1 N–H and O–H groups in total. The lowest BCUT2D eigenvalue weighted by Crippen LogP contribution is -2.07. The lowest BCUT2D eigenvalue weighted by molar-refractivity contribution is 0.0697. The molecule has 0 atom stereocenters. The predicted octanol–water partition coefficient (Wildman–Crippen LogP) is 3.17.